The van der Waals surface area contributed by atoms with Gasteiger partial charge >= 0.3 is 0 Å². The van der Waals surface area contributed by atoms with Crippen LogP contribution >= 0.6 is 23.2 Å². The number of allylic oxidation sites excluding steroid dienone is 1. The predicted molar refractivity (Wildman–Crippen MR) is 82.1 cm³/mol. The third kappa shape index (κ3) is 4.41. The van der Waals surface area contributed by atoms with Crippen LogP contribution in [0.2, 0.25) is 5.02 Å². The van der Waals surface area contributed by atoms with Gasteiger partial charge in [0.05, 0.1) is 0 Å². The van der Waals surface area contributed by atoms with Gasteiger partial charge in [-0.2, -0.15) is 0 Å². The molecule has 0 spiro atoms. The second-order valence-corrected chi connectivity index (χ2v) is 4.87. The van der Waals surface area contributed by atoms with E-state index in [4.69, 9.17) is 27.9 Å². The maximum atomic E-state index is 10.7. The van der Waals surface area contributed by atoms with Crippen LogP contribution in [0, 0.1) is 0 Å². The van der Waals surface area contributed by atoms with Crippen LogP contribution < -0.4 is 4.74 Å². The normalized spacial score (nSPS) is 10.7. The van der Waals surface area contributed by atoms with Gasteiger partial charge in [-0.1, -0.05) is 48.0 Å². The molecule has 0 N–H and O–H groups in total. The molecule has 20 heavy (non-hydrogen) atoms. The first-order chi connectivity index (χ1) is 9.65. The molecule has 0 bridgehead atoms. The van der Waals surface area contributed by atoms with E-state index in [0.717, 1.165) is 11.1 Å². The smallest absolute Gasteiger partial charge is 0.245 e. The predicted octanol–water partition coefficient (Wildman–Crippen LogP) is 4.70. The van der Waals surface area contributed by atoms with Crippen molar-refractivity contribution in [2.45, 2.75) is 6.61 Å². The lowest BCUT2D eigenvalue weighted by Crippen LogP contribution is -1.96. The summed E-state index contributed by atoms with van der Waals surface area (Å²) in [6.07, 6.45) is 2.94. The minimum atomic E-state index is -0.507. The van der Waals surface area contributed by atoms with E-state index in [-0.39, 0.29) is 0 Å². The Morgan fingerprint density at radius 3 is 2.70 bits per heavy atom. The van der Waals surface area contributed by atoms with E-state index in [0.29, 0.717) is 17.4 Å². The van der Waals surface area contributed by atoms with Crippen molar-refractivity contribution in [1.82, 2.24) is 0 Å². The zero-order chi connectivity index (χ0) is 14.4. The first-order valence-corrected chi connectivity index (χ1v) is 6.74. The van der Waals surface area contributed by atoms with Gasteiger partial charge < -0.3 is 4.74 Å². The lowest BCUT2D eigenvalue weighted by Gasteiger charge is -2.08. The highest BCUT2D eigenvalue weighted by Gasteiger charge is 2.00. The molecule has 0 heterocycles. The van der Waals surface area contributed by atoms with Crippen LogP contribution in [0.5, 0.6) is 5.75 Å². The molecule has 102 valence electrons. The van der Waals surface area contributed by atoms with Crippen LogP contribution in [0.15, 0.2) is 54.6 Å². The average Bonchev–Trinajstić information content (AvgIpc) is 2.45. The lowest BCUT2D eigenvalue weighted by atomic mass is 10.2. The molecular weight excluding hydrogens is 295 g/mol. The number of hydrogen-bond donors (Lipinski definition) is 0. The molecule has 2 nitrogen and oxygen atoms in total. The molecule has 0 saturated heterocycles. The van der Waals surface area contributed by atoms with Gasteiger partial charge in [-0.15, -0.1) is 0 Å². The number of benzene rings is 2. The molecule has 0 amide bonds. The molecule has 0 aliphatic heterocycles. The summed E-state index contributed by atoms with van der Waals surface area (Å²) in [6.45, 7) is 0.390. The zero-order valence-electron chi connectivity index (χ0n) is 10.6. The molecule has 0 aromatic heterocycles. The van der Waals surface area contributed by atoms with E-state index >= 15 is 0 Å². The highest BCUT2D eigenvalue weighted by Crippen LogP contribution is 2.19. The molecule has 0 radical (unpaired) electrons. The Bertz CT molecular complexity index is 636. The van der Waals surface area contributed by atoms with Crippen molar-refractivity contribution >= 4 is 34.5 Å². The van der Waals surface area contributed by atoms with Crippen molar-refractivity contribution in [2.24, 2.45) is 0 Å². The fourth-order valence-electron chi connectivity index (χ4n) is 1.65. The Hall–Kier alpha value is -1.77. The summed E-state index contributed by atoms with van der Waals surface area (Å²) >= 11 is 11.3. The molecule has 2 aromatic rings. The number of ether oxygens (including phenoxy) is 1. The van der Waals surface area contributed by atoms with Gasteiger partial charge in [-0.25, -0.2) is 0 Å². The maximum absolute atomic E-state index is 10.7. The summed E-state index contributed by atoms with van der Waals surface area (Å²) < 4.78 is 5.68. The molecule has 0 fully saturated rings. The number of carbonyl (C=O) groups is 1. The number of halogens is 2. The molecule has 4 heteroatoms. The van der Waals surface area contributed by atoms with Crippen LogP contribution in [0.25, 0.3) is 6.08 Å². The average molecular weight is 307 g/mol. The highest BCUT2D eigenvalue weighted by molar-refractivity contribution is 6.66. The number of carbonyl (C=O) groups excluding carboxylic acids is 1. The fourth-order valence-corrected chi connectivity index (χ4v) is 1.90. The van der Waals surface area contributed by atoms with E-state index in [9.17, 15) is 4.79 Å². The second-order valence-electron chi connectivity index (χ2n) is 4.09. The molecule has 0 unspecified atom stereocenters. The van der Waals surface area contributed by atoms with Crippen molar-refractivity contribution < 1.29 is 9.53 Å². The standard InChI is InChI=1S/C16H12Cl2O2/c17-15-7-2-1-5-13(15)11-20-14-6-3-4-12(10-14)8-9-16(18)19/h1-10H,11H2. The van der Waals surface area contributed by atoms with Crippen molar-refractivity contribution in [3.8, 4) is 5.75 Å². The molecule has 2 rings (SSSR count). The van der Waals surface area contributed by atoms with Gasteiger partial charge in [-0.3, -0.25) is 4.79 Å². The van der Waals surface area contributed by atoms with E-state index in [1.807, 2.05) is 48.5 Å². The van der Waals surface area contributed by atoms with Gasteiger partial charge in [0.15, 0.2) is 0 Å². The van der Waals surface area contributed by atoms with Crippen LogP contribution in [-0.4, -0.2) is 5.24 Å². The Balaban J connectivity index is 2.05. The topological polar surface area (TPSA) is 26.3 Å². The minimum absolute atomic E-state index is 0.390. The summed E-state index contributed by atoms with van der Waals surface area (Å²) in [7, 11) is 0. The molecule has 0 aliphatic rings. The van der Waals surface area contributed by atoms with Gasteiger partial charge in [0.2, 0.25) is 5.24 Å². The van der Waals surface area contributed by atoms with E-state index in [1.165, 1.54) is 6.08 Å². The van der Waals surface area contributed by atoms with Gasteiger partial charge in [0.25, 0.3) is 0 Å². The summed E-state index contributed by atoms with van der Waals surface area (Å²) in [5, 5.41) is 0.170. The van der Waals surface area contributed by atoms with E-state index < -0.39 is 5.24 Å². The van der Waals surface area contributed by atoms with E-state index in [1.54, 1.807) is 6.08 Å². The van der Waals surface area contributed by atoms with Crippen LogP contribution in [-0.2, 0) is 11.4 Å². The Morgan fingerprint density at radius 2 is 1.95 bits per heavy atom. The Labute approximate surface area is 127 Å². The van der Waals surface area contributed by atoms with Crippen molar-refractivity contribution in [2.75, 3.05) is 0 Å². The number of hydrogen-bond acceptors (Lipinski definition) is 2. The largest absolute Gasteiger partial charge is 0.489 e. The molecule has 0 aliphatic carbocycles. The first kappa shape index (κ1) is 14.6. The van der Waals surface area contributed by atoms with Crippen molar-refractivity contribution in [3.05, 3.63) is 70.8 Å². The van der Waals surface area contributed by atoms with Gasteiger partial charge in [0, 0.05) is 10.6 Å². The summed E-state index contributed by atoms with van der Waals surface area (Å²) in [5.74, 6) is 0.703. The summed E-state index contributed by atoms with van der Waals surface area (Å²) in [6, 6.07) is 14.9. The number of rotatable bonds is 5. The highest BCUT2D eigenvalue weighted by atomic mass is 35.5. The Morgan fingerprint density at radius 1 is 1.15 bits per heavy atom. The third-order valence-corrected chi connectivity index (χ3v) is 3.11. The molecule has 0 saturated carbocycles. The SMILES string of the molecule is O=C(Cl)C=Cc1cccc(OCc2ccccc2Cl)c1. The van der Waals surface area contributed by atoms with Crippen LogP contribution in [0.4, 0.5) is 0 Å². The Kier molecular flexibility index (Phi) is 5.22. The fraction of sp³-hybridized carbons (Fsp3) is 0.0625. The molecule has 2 aromatic carbocycles. The quantitative estimate of drug-likeness (QED) is 0.591. The van der Waals surface area contributed by atoms with Gasteiger partial charge in [-0.05, 0) is 41.4 Å². The summed E-state index contributed by atoms with van der Waals surface area (Å²) in [4.78, 5) is 10.7. The zero-order valence-corrected chi connectivity index (χ0v) is 12.1. The minimum Gasteiger partial charge on any atom is -0.489 e. The molecule has 0 atom stereocenters. The van der Waals surface area contributed by atoms with Crippen molar-refractivity contribution in [3.63, 3.8) is 0 Å². The van der Waals surface area contributed by atoms with Crippen molar-refractivity contribution in [1.29, 1.82) is 0 Å². The molecular formula is C16H12Cl2O2. The monoisotopic (exact) mass is 306 g/mol. The van der Waals surface area contributed by atoms with Crippen LogP contribution in [0.1, 0.15) is 11.1 Å². The van der Waals surface area contributed by atoms with E-state index in [2.05, 4.69) is 0 Å². The first-order valence-electron chi connectivity index (χ1n) is 5.99. The van der Waals surface area contributed by atoms with Gasteiger partial charge in [0.1, 0.15) is 12.4 Å². The third-order valence-electron chi connectivity index (χ3n) is 2.62. The maximum Gasteiger partial charge on any atom is 0.245 e. The summed E-state index contributed by atoms with van der Waals surface area (Å²) in [5.41, 5.74) is 1.77. The second kappa shape index (κ2) is 7.13. The lowest BCUT2D eigenvalue weighted by molar-refractivity contribution is -0.107. The van der Waals surface area contributed by atoms with Crippen LogP contribution in [0.3, 0.4) is 0 Å².